The van der Waals surface area contributed by atoms with Crippen molar-refractivity contribution in [2.75, 3.05) is 11.2 Å². The van der Waals surface area contributed by atoms with Crippen LogP contribution in [0.3, 0.4) is 0 Å². The highest BCUT2D eigenvalue weighted by molar-refractivity contribution is 7.99. The summed E-state index contributed by atoms with van der Waals surface area (Å²) in [5.41, 5.74) is 3.17. The van der Waals surface area contributed by atoms with Gasteiger partial charge in [-0.05, 0) is 12.2 Å². The number of H-pyrrole nitrogens is 1. The van der Waals surface area contributed by atoms with Crippen molar-refractivity contribution in [1.82, 2.24) is 20.2 Å². The van der Waals surface area contributed by atoms with Crippen LogP contribution >= 0.6 is 11.8 Å². The third-order valence-electron chi connectivity index (χ3n) is 2.14. The molecule has 0 spiro atoms. The maximum Gasteiger partial charge on any atom is 0.240 e. The highest BCUT2D eigenvalue weighted by atomic mass is 32.2. The average molecular weight is 238 g/mol. The molecule has 0 saturated heterocycles. The predicted molar refractivity (Wildman–Crippen MR) is 65.1 cm³/mol. The summed E-state index contributed by atoms with van der Waals surface area (Å²) in [7, 11) is 0. The number of rotatable bonds is 5. The van der Waals surface area contributed by atoms with Crippen LogP contribution in [0.4, 0.5) is 5.95 Å². The van der Waals surface area contributed by atoms with E-state index >= 15 is 0 Å². The largest absolute Gasteiger partial charge is 0.292 e. The van der Waals surface area contributed by atoms with Crippen molar-refractivity contribution in [1.29, 1.82) is 0 Å². The van der Waals surface area contributed by atoms with Crippen molar-refractivity contribution in [3.63, 3.8) is 0 Å². The first-order chi connectivity index (χ1) is 7.85. The third-order valence-corrected chi connectivity index (χ3v) is 3.22. The van der Waals surface area contributed by atoms with Crippen LogP contribution in [0.2, 0.25) is 0 Å². The summed E-state index contributed by atoms with van der Waals surface area (Å²) in [4.78, 5) is 8.48. The fourth-order valence-corrected chi connectivity index (χ4v) is 2.38. The highest BCUT2D eigenvalue weighted by Gasteiger charge is 2.08. The van der Waals surface area contributed by atoms with Crippen LogP contribution in [-0.2, 0) is 0 Å². The van der Waals surface area contributed by atoms with E-state index in [0.29, 0.717) is 11.6 Å². The van der Waals surface area contributed by atoms with Crippen molar-refractivity contribution < 1.29 is 0 Å². The number of aromatic amines is 1. The summed E-state index contributed by atoms with van der Waals surface area (Å²) in [5.74, 6) is 6.77. The lowest BCUT2D eigenvalue weighted by atomic mass is 10.4. The lowest BCUT2D eigenvalue weighted by molar-refractivity contribution is 0.895. The number of anilines is 1. The molecule has 0 radical (unpaired) electrons. The fourth-order valence-electron chi connectivity index (χ4n) is 1.30. The molecular weight excluding hydrogens is 224 g/mol. The number of fused-ring (bicyclic) bond motifs is 1. The number of aromatic nitrogens is 4. The van der Waals surface area contributed by atoms with Crippen LogP contribution in [0.15, 0.2) is 11.2 Å². The van der Waals surface area contributed by atoms with Crippen molar-refractivity contribution in [3.8, 4) is 0 Å². The number of hydrogen-bond donors (Lipinski definition) is 3. The normalized spacial score (nSPS) is 10.9. The Kier molecular flexibility index (Phi) is 3.58. The number of nitrogens with one attached hydrogen (secondary N) is 2. The van der Waals surface area contributed by atoms with Gasteiger partial charge in [0.2, 0.25) is 5.95 Å². The summed E-state index contributed by atoms with van der Waals surface area (Å²) in [6, 6.07) is 0. The summed E-state index contributed by atoms with van der Waals surface area (Å²) in [6.45, 7) is 2.17. The van der Waals surface area contributed by atoms with E-state index in [1.165, 1.54) is 12.8 Å². The summed E-state index contributed by atoms with van der Waals surface area (Å²) < 4.78 is 0. The molecule has 86 valence electrons. The smallest absolute Gasteiger partial charge is 0.240 e. The second kappa shape index (κ2) is 5.13. The standard InChI is InChI=1S/C9H14N6S/c1-2-3-4-16-8-6-5-11-15-7(6)12-9(13-8)14-10/h5H,2-4,10H2,1H3,(H2,11,12,13,14,15). The molecule has 0 saturated carbocycles. The van der Waals surface area contributed by atoms with Crippen LogP contribution in [0.25, 0.3) is 11.0 Å². The number of unbranched alkanes of at least 4 members (excludes halogenated alkanes) is 1. The van der Waals surface area contributed by atoms with Gasteiger partial charge in [-0.1, -0.05) is 13.3 Å². The van der Waals surface area contributed by atoms with Gasteiger partial charge in [-0.15, -0.1) is 11.8 Å². The van der Waals surface area contributed by atoms with Crippen LogP contribution in [0, 0.1) is 0 Å². The monoisotopic (exact) mass is 238 g/mol. The number of nitrogens with zero attached hydrogens (tertiary/aromatic N) is 3. The Morgan fingerprint density at radius 2 is 2.38 bits per heavy atom. The first-order valence-electron chi connectivity index (χ1n) is 5.15. The Balaban J connectivity index is 2.29. The number of nitrogen functional groups attached to an aromatic ring is 1. The predicted octanol–water partition coefficient (Wildman–Crippen LogP) is 1.53. The van der Waals surface area contributed by atoms with Gasteiger partial charge in [-0.25, -0.2) is 10.8 Å². The average Bonchev–Trinajstić information content (AvgIpc) is 2.77. The zero-order chi connectivity index (χ0) is 11.4. The second-order valence-electron chi connectivity index (χ2n) is 3.33. The summed E-state index contributed by atoms with van der Waals surface area (Å²) >= 11 is 1.70. The van der Waals surface area contributed by atoms with Crippen molar-refractivity contribution in [2.45, 2.75) is 24.8 Å². The van der Waals surface area contributed by atoms with Gasteiger partial charge < -0.3 is 0 Å². The van der Waals surface area contributed by atoms with Gasteiger partial charge in [-0.3, -0.25) is 10.5 Å². The lowest BCUT2D eigenvalue weighted by Crippen LogP contribution is -2.10. The van der Waals surface area contributed by atoms with E-state index in [-0.39, 0.29) is 0 Å². The van der Waals surface area contributed by atoms with Gasteiger partial charge >= 0.3 is 0 Å². The van der Waals surface area contributed by atoms with Gasteiger partial charge in [0.25, 0.3) is 0 Å². The van der Waals surface area contributed by atoms with Crippen LogP contribution in [0.1, 0.15) is 19.8 Å². The molecule has 0 aliphatic heterocycles. The molecule has 0 aliphatic carbocycles. The minimum atomic E-state index is 0.413. The van der Waals surface area contributed by atoms with Crippen LogP contribution in [-0.4, -0.2) is 25.9 Å². The number of thioether (sulfide) groups is 1. The molecule has 0 amide bonds. The number of nitrogens with two attached hydrogens (primary N) is 1. The quantitative estimate of drug-likeness (QED) is 0.240. The topological polar surface area (TPSA) is 92.5 Å². The SMILES string of the molecule is CCCCSc1nc(NN)nc2[nH]ncc12. The molecule has 16 heavy (non-hydrogen) atoms. The van der Waals surface area contributed by atoms with Gasteiger partial charge in [0.05, 0.1) is 11.6 Å². The zero-order valence-corrected chi connectivity index (χ0v) is 9.84. The maximum atomic E-state index is 5.31. The summed E-state index contributed by atoms with van der Waals surface area (Å²) in [5, 5.41) is 8.63. The van der Waals surface area contributed by atoms with Gasteiger partial charge in [0, 0.05) is 0 Å². The lowest BCUT2D eigenvalue weighted by Gasteiger charge is -2.03. The van der Waals surface area contributed by atoms with Gasteiger partial charge in [-0.2, -0.15) is 10.1 Å². The highest BCUT2D eigenvalue weighted by Crippen LogP contribution is 2.25. The molecule has 4 N–H and O–H groups in total. The van der Waals surface area contributed by atoms with E-state index < -0.39 is 0 Å². The Hall–Kier alpha value is -1.34. The van der Waals surface area contributed by atoms with Crippen LogP contribution in [0.5, 0.6) is 0 Å². The van der Waals surface area contributed by atoms with E-state index in [1.807, 2.05) is 0 Å². The summed E-state index contributed by atoms with van der Waals surface area (Å²) in [6.07, 6.45) is 4.08. The molecule has 6 nitrogen and oxygen atoms in total. The van der Waals surface area contributed by atoms with Gasteiger partial charge in [0.15, 0.2) is 5.65 Å². The van der Waals surface area contributed by atoms with Crippen LogP contribution < -0.4 is 11.3 Å². The first kappa shape index (κ1) is 11.2. The minimum absolute atomic E-state index is 0.413. The Morgan fingerprint density at radius 1 is 1.50 bits per heavy atom. The molecule has 2 rings (SSSR count). The molecule has 2 aromatic heterocycles. The minimum Gasteiger partial charge on any atom is -0.292 e. The van der Waals surface area contributed by atoms with Crippen molar-refractivity contribution in [2.24, 2.45) is 5.84 Å². The van der Waals surface area contributed by atoms with E-state index in [2.05, 4.69) is 32.5 Å². The zero-order valence-electron chi connectivity index (χ0n) is 9.03. The third kappa shape index (κ3) is 2.25. The molecule has 0 aromatic carbocycles. The molecule has 0 unspecified atom stereocenters. The molecule has 0 atom stereocenters. The second-order valence-corrected chi connectivity index (χ2v) is 4.41. The van der Waals surface area contributed by atoms with E-state index in [4.69, 9.17) is 5.84 Å². The Bertz CT molecular complexity index is 468. The molecule has 0 fully saturated rings. The van der Waals surface area contributed by atoms with Gasteiger partial charge in [0.1, 0.15) is 5.03 Å². The Labute approximate surface area is 97.4 Å². The fraction of sp³-hybridized carbons (Fsp3) is 0.444. The van der Waals surface area contributed by atoms with E-state index in [0.717, 1.165) is 16.2 Å². The van der Waals surface area contributed by atoms with Crippen molar-refractivity contribution in [3.05, 3.63) is 6.20 Å². The maximum absolute atomic E-state index is 5.31. The van der Waals surface area contributed by atoms with E-state index in [9.17, 15) is 0 Å². The molecular formula is C9H14N6S. The number of hydrazine groups is 1. The molecule has 0 aliphatic rings. The molecule has 7 heteroatoms. The Morgan fingerprint density at radius 3 is 3.12 bits per heavy atom. The molecule has 0 bridgehead atoms. The number of hydrogen-bond acceptors (Lipinski definition) is 6. The molecule has 2 aromatic rings. The van der Waals surface area contributed by atoms with Crippen molar-refractivity contribution >= 4 is 28.7 Å². The first-order valence-corrected chi connectivity index (χ1v) is 6.14. The molecule has 2 heterocycles. The van der Waals surface area contributed by atoms with E-state index in [1.54, 1.807) is 18.0 Å².